The summed E-state index contributed by atoms with van der Waals surface area (Å²) in [5.41, 5.74) is 0. The Balaban J connectivity index is 2.62. The van der Waals surface area contributed by atoms with Crippen LogP contribution in [0, 0.1) is 0 Å². The number of carbonyl (C=O) groups excluding carboxylic acids is 2. The lowest BCUT2D eigenvalue weighted by Crippen LogP contribution is -2.36. The van der Waals surface area contributed by atoms with Gasteiger partial charge in [-0.1, -0.05) is 0 Å². The van der Waals surface area contributed by atoms with Crippen LogP contribution in [0.1, 0.15) is 0 Å². The van der Waals surface area contributed by atoms with Crippen molar-refractivity contribution in [1.82, 2.24) is 0 Å². The predicted molar refractivity (Wildman–Crippen MR) is 21.9 cm³/mol. The van der Waals surface area contributed by atoms with E-state index in [1.165, 1.54) is 0 Å². The third-order valence-corrected chi connectivity index (χ3v) is 0.816. The van der Waals surface area contributed by atoms with Crippen LogP contribution < -0.4 is 0 Å². The molecule has 0 saturated carbocycles. The van der Waals surface area contributed by atoms with Gasteiger partial charge in [-0.2, -0.15) is 0 Å². The predicted octanol–water partition coefficient (Wildman–Crippen LogP) is -0.618. The molecule has 1 fully saturated rings. The number of rotatable bonds is 0. The first kappa shape index (κ1) is 6.00. The Labute approximate surface area is 49.5 Å². The van der Waals surface area contributed by atoms with Crippen LogP contribution in [0.5, 0.6) is 0 Å². The van der Waals surface area contributed by atoms with Gasteiger partial charge in [0.25, 0.3) is 6.17 Å². The number of hydrogen-bond acceptors (Lipinski definition) is 4. The second-order valence-corrected chi connectivity index (χ2v) is 1.41. The Morgan fingerprint density at radius 2 is 1.78 bits per heavy atom. The number of ether oxygens (including phenoxy) is 2. The summed E-state index contributed by atoms with van der Waals surface area (Å²) < 4.78 is 20.0. The molecule has 0 aromatic carbocycles. The van der Waals surface area contributed by atoms with E-state index in [2.05, 4.69) is 9.47 Å². The van der Waals surface area contributed by atoms with E-state index in [1.54, 1.807) is 0 Å². The van der Waals surface area contributed by atoms with Gasteiger partial charge in [0.15, 0.2) is 0 Å². The highest BCUT2D eigenvalue weighted by Gasteiger charge is 2.33. The zero-order chi connectivity index (χ0) is 6.85. The van der Waals surface area contributed by atoms with Gasteiger partial charge in [0.1, 0.15) is 0 Å². The third-order valence-electron chi connectivity index (χ3n) is 0.816. The number of carbonyl (C=O) groups is 2. The molecule has 1 rings (SSSR count). The molecule has 0 N–H and O–H groups in total. The average Bonchev–Trinajstić information content (AvgIpc) is 1.83. The summed E-state index contributed by atoms with van der Waals surface area (Å²) in [6.45, 7) is -0.474. The van der Waals surface area contributed by atoms with Crippen LogP contribution in [0.3, 0.4) is 0 Å². The number of halogens is 1. The van der Waals surface area contributed by atoms with E-state index in [0.29, 0.717) is 0 Å². The van der Waals surface area contributed by atoms with Crippen molar-refractivity contribution in [2.24, 2.45) is 0 Å². The average molecular weight is 134 g/mol. The van der Waals surface area contributed by atoms with Crippen molar-refractivity contribution >= 4 is 11.9 Å². The molecule has 0 radical (unpaired) electrons. The van der Waals surface area contributed by atoms with Crippen LogP contribution >= 0.6 is 0 Å². The Kier molecular flexibility index (Phi) is 1.33. The van der Waals surface area contributed by atoms with Crippen LogP contribution in [-0.4, -0.2) is 24.9 Å². The standard InChI is InChI=1S/C4H3FO4/c5-2-3(6)8-1-9-4(2)7/h2H,1H2. The summed E-state index contributed by atoms with van der Waals surface area (Å²) in [5, 5.41) is 0. The monoisotopic (exact) mass is 134 g/mol. The van der Waals surface area contributed by atoms with Gasteiger partial charge in [-0.25, -0.2) is 14.0 Å². The maximum atomic E-state index is 12.0. The van der Waals surface area contributed by atoms with Gasteiger partial charge in [-0.3, -0.25) is 0 Å². The fourth-order valence-corrected chi connectivity index (χ4v) is 0.388. The Morgan fingerprint density at radius 1 is 1.33 bits per heavy atom. The third kappa shape index (κ3) is 0.984. The molecule has 0 atom stereocenters. The molecule has 5 heteroatoms. The van der Waals surface area contributed by atoms with Crippen LogP contribution in [0.15, 0.2) is 0 Å². The molecule has 1 aliphatic heterocycles. The van der Waals surface area contributed by atoms with Crippen molar-refractivity contribution in [3.8, 4) is 0 Å². The summed E-state index contributed by atoms with van der Waals surface area (Å²) in [6, 6.07) is 0. The highest BCUT2D eigenvalue weighted by Crippen LogP contribution is 2.03. The van der Waals surface area contributed by atoms with E-state index in [-0.39, 0.29) is 0 Å². The van der Waals surface area contributed by atoms with Gasteiger partial charge in [0.2, 0.25) is 6.79 Å². The van der Waals surface area contributed by atoms with Gasteiger partial charge >= 0.3 is 11.9 Å². The molecule has 4 nitrogen and oxygen atoms in total. The molecule has 0 spiro atoms. The van der Waals surface area contributed by atoms with Crippen LogP contribution in [0.25, 0.3) is 0 Å². The van der Waals surface area contributed by atoms with E-state index in [4.69, 9.17) is 0 Å². The summed E-state index contributed by atoms with van der Waals surface area (Å²) in [7, 11) is 0. The first-order chi connectivity index (χ1) is 4.22. The molecule has 1 saturated heterocycles. The van der Waals surface area contributed by atoms with Crippen molar-refractivity contribution in [2.75, 3.05) is 6.79 Å². The zero-order valence-corrected chi connectivity index (χ0v) is 4.30. The molecule has 0 aliphatic carbocycles. The normalized spacial score (nSPS) is 21.0. The minimum Gasteiger partial charge on any atom is -0.425 e. The first-order valence-electron chi connectivity index (χ1n) is 2.19. The summed E-state index contributed by atoms with van der Waals surface area (Å²) in [5.74, 6) is -2.35. The summed E-state index contributed by atoms with van der Waals surface area (Å²) >= 11 is 0. The second kappa shape index (κ2) is 2.00. The largest absolute Gasteiger partial charge is 0.425 e. The second-order valence-electron chi connectivity index (χ2n) is 1.41. The maximum Gasteiger partial charge on any atom is 0.355 e. The number of cyclic esters (lactones) is 2. The summed E-state index contributed by atoms with van der Waals surface area (Å²) in [6.07, 6.45) is -2.25. The molecule has 0 bridgehead atoms. The van der Waals surface area contributed by atoms with Gasteiger partial charge < -0.3 is 9.47 Å². The summed E-state index contributed by atoms with van der Waals surface area (Å²) in [4.78, 5) is 20.2. The van der Waals surface area contributed by atoms with Crippen molar-refractivity contribution in [1.29, 1.82) is 0 Å². The molecule has 0 unspecified atom stereocenters. The van der Waals surface area contributed by atoms with E-state index in [0.717, 1.165) is 0 Å². The molecule has 0 aromatic heterocycles. The van der Waals surface area contributed by atoms with Crippen molar-refractivity contribution in [3.05, 3.63) is 0 Å². The molecular weight excluding hydrogens is 131 g/mol. The van der Waals surface area contributed by atoms with Crippen molar-refractivity contribution in [2.45, 2.75) is 6.17 Å². The minimum absolute atomic E-state index is 0.474. The van der Waals surface area contributed by atoms with Crippen molar-refractivity contribution < 1.29 is 23.5 Å². The number of hydrogen-bond donors (Lipinski definition) is 0. The zero-order valence-electron chi connectivity index (χ0n) is 4.30. The van der Waals surface area contributed by atoms with Gasteiger partial charge in [0, 0.05) is 0 Å². The lowest BCUT2D eigenvalue weighted by atomic mass is 10.4. The molecule has 50 valence electrons. The van der Waals surface area contributed by atoms with E-state index >= 15 is 0 Å². The molecule has 1 heterocycles. The Hall–Kier alpha value is -1.13. The van der Waals surface area contributed by atoms with Crippen LogP contribution in [0.4, 0.5) is 4.39 Å². The Bertz CT molecular complexity index is 139. The molecule has 1 aliphatic rings. The van der Waals surface area contributed by atoms with Crippen LogP contribution in [-0.2, 0) is 19.1 Å². The fraction of sp³-hybridized carbons (Fsp3) is 0.500. The highest BCUT2D eigenvalue weighted by molar-refractivity contribution is 5.98. The SMILES string of the molecule is O=C1OCOC(=O)C1F. The van der Waals surface area contributed by atoms with Gasteiger partial charge in [0.05, 0.1) is 0 Å². The molecular formula is C4H3FO4. The van der Waals surface area contributed by atoms with Gasteiger partial charge in [-0.05, 0) is 0 Å². The smallest absolute Gasteiger partial charge is 0.355 e. The number of esters is 2. The highest BCUT2D eigenvalue weighted by atomic mass is 19.1. The van der Waals surface area contributed by atoms with Crippen LogP contribution in [0.2, 0.25) is 0 Å². The van der Waals surface area contributed by atoms with Gasteiger partial charge in [-0.15, -0.1) is 0 Å². The molecule has 9 heavy (non-hydrogen) atoms. The lowest BCUT2D eigenvalue weighted by molar-refractivity contribution is -0.191. The fourth-order valence-electron chi connectivity index (χ4n) is 0.388. The first-order valence-corrected chi connectivity index (χ1v) is 2.19. The molecule has 0 amide bonds. The maximum absolute atomic E-state index is 12.0. The van der Waals surface area contributed by atoms with E-state index < -0.39 is 24.9 Å². The molecule has 0 aromatic rings. The quantitative estimate of drug-likeness (QED) is 0.327. The van der Waals surface area contributed by atoms with E-state index in [1.807, 2.05) is 0 Å². The van der Waals surface area contributed by atoms with Crippen molar-refractivity contribution in [3.63, 3.8) is 0 Å². The lowest BCUT2D eigenvalue weighted by Gasteiger charge is -2.13. The topological polar surface area (TPSA) is 52.6 Å². The number of alkyl halides is 1. The Morgan fingerprint density at radius 3 is 2.11 bits per heavy atom. The van der Waals surface area contributed by atoms with E-state index in [9.17, 15) is 14.0 Å². The minimum atomic E-state index is -2.25.